The summed E-state index contributed by atoms with van der Waals surface area (Å²) in [6, 6.07) is 8.30. The Labute approximate surface area is 104 Å². The van der Waals surface area contributed by atoms with Gasteiger partial charge in [0.1, 0.15) is 5.41 Å². The summed E-state index contributed by atoms with van der Waals surface area (Å²) >= 11 is 0. The molecule has 0 saturated heterocycles. The molecule has 0 atom stereocenters. The van der Waals surface area contributed by atoms with Crippen LogP contribution in [0.15, 0.2) is 30.3 Å². The summed E-state index contributed by atoms with van der Waals surface area (Å²) < 4.78 is 4.37. The Morgan fingerprint density at radius 2 is 1.72 bits per heavy atom. The van der Waals surface area contributed by atoms with Gasteiger partial charge in [-0.3, -0.25) is 10.1 Å². The zero-order chi connectivity index (χ0) is 13.8. The molecule has 0 aliphatic carbocycles. The lowest BCUT2D eigenvalue weighted by atomic mass is 9.94. The molecule has 0 radical (unpaired) electrons. The lowest BCUT2D eigenvalue weighted by molar-refractivity contribution is -0.316. The van der Waals surface area contributed by atoms with Crippen LogP contribution in [0.4, 0.5) is 10.5 Å². The van der Waals surface area contributed by atoms with Gasteiger partial charge in [0.2, 0.25) is 0 Å². The number of benzene rings is 1. The van der Waals surface area contributed by atoms with Crippen LogP contribution < -0.4 is 10.4 Å². The highest BCUT2D eigenvalue weighted by Crippen LogP contribution is 2.16. The van der Waals surface area contributed by atoms with Crippen LogP contribution in [0, 0.1) is 5.41 Å². The van der Waals surface area contributed by atoms with Crippen LogP contribution in [0.2, 0.25) is 0 Å². The monoisotopic (exact) mass is 250 g/mol. The molecular formula is C12H12NO5-. The normalized spacial score (nSPS) is 10.6. The number of carboxylic acid groups (broad SMARTS) is 1. The molecule has 0 aliphatic heterocycles. The van der Waals surface area contributed by atoms with E-state index >= 15 is 0 Å². The molecule has 0 aliphatic rings. The highest BCUT2D eigenvalue weighted by molar-refractivity contribution is 6.03. The molecule has 6 nitrogen and oxygen atoms in total. The van der Waals surface area contributed by atoms with Crippen LogP contribution >= 0.6 is 0 Å². The smallest absolute Gasteiger partial charge is 0.419 e. The van der Waals surface area contributed by atoms with Gasteiger partial charge in [0.15, 0.2) is 0 Å². The Kier molecular flexibility index (Phi) is 4.04. The first kappa shape index (κ1) is 13.7. The van der Waals surface area contributed by atoms with Gasteiger partial charge in [0.05, 0.1) is 5.97 Å². The van der Waals surface area contributed by atoms with Crippen molar-refractivity contribution < 1.29 is 24.2 Å². The first-order chi connectivity index (χ1) is 8.34. The number of para-hydroxylation sites is 1. The van der Waals surface area contributed by atoms with E-state index in [1.54, 1.807) is 30.3 Å². The number of anilines is 1. The molecule has 1 N–H and O–H groups in total. The van der Waals surface area contributed by atoms with E-state index in [1.165, 1.54) is 0 Å². The third kappa shape index (κ3) is 3.31. The fraction of sp³-hybridized carbons (Fsp3) is 0.250. The number of hydrogen-bond acceptors (Lipinski definition) is 5. The molecule has 0 aromatic heterocycles. The number of amides is 1. The van der Waals surface area contributed by atoms with Crippen molar-refractivity contribution in [1.29, 1.82) is 0 Å². The minimum Gasteiger partial charge on any atom is -0.549 e. The standard InChI is InChI=1S/C12H13NO5/c1-12(2,9(14)15)10(16)18-11(17)13-8-6-4-3-5-7-8/h3-7H,1-2H3,(H,13,17)(H,14,15)/p-1. The quantitative estimate of drug-likeness (QED) is 0.623. The largest absolute Gasteiger partial charge is 0.549 e. The highest BCUT2D eigenvalue weighted by Gasteiger charge is 2.32. The molecule has 1 rings (SSSR count). The van der Waals surface area contributed by atoms with E-state index < -0.39 is 23.4 Å². The van der Waals surface area contributed by atoms with E-state index in [0.717, 1.165) is 13.8 Å². The van der Waals surface area contributed by atoms with Crippen molar-refractivity contribution in [2.24, 2.45) is 5.41 Å². The third-order valence-electron chi connectivity index (χ3n) is 2.23. The molecule has 0 fully saturated rings. The zero-order valence-electron chi connectivity index (χ0n) is 9.93. The maximum atomic E-state index is 11.4. The molecule has 6 heteroatoms. The second kappa shape index (κ2) is 5.31. The topological polar surface area (TPSA) is 95.5 Å². The summed E-state index contributed by atoms with van der Waals surface area (Å²) in [5.74, 6) is -2.80. The molecule has 96 valence electrons. The molecule has 0 heterocycles. The van der Waals surface area contributed by atoms with E-state index in [1.807, 2.05) is 0 Å². The Bertz CT molecular complexity index is 467. The second-order valence-corrected chi connectivity index (χ2v) is 4.08. The van der Waals surface area contributed by atoms with Crippen molar-refractivity contribution in [3.8, 4) is 0 Å². The molecule has 1 aromatic carbocycles. The van der Waals surface area contributed by atoms with Gasteiger partial charge < -0.3 is 14.6 Å². The minimum atomic E-state index is -1.88. The Morgan fingerprint density at radius 3 is 2.22 bits per heavy atom. The van der Waals surface area contributed by atoms with Gasteiger partial charge in [-0.1, -0.05) is 18.2 Å². The number of esters is 1. The van der Waals surface area contributed by atoms with Crippen molar-refractivity contribution in [2.75, 3.05) is 5.32 Å². The zero-order valence-corrected chi connectivity index (χ0v) is 9.93. The van der Waals surface area contributed by atoms with E-state index in [4.69, 9.17) is 0 Å². The number of carboxylic acids is 1. The predicted octanol–water partition coefficient (Wildman–Crippen LogP) is 0.538. The third-order valence-corrected chi connectivity index (χ3v) is 2.23. The fourth-order valence-electron chi connectivity index (χ4n) is 0.960. The Balaban J connectivity index is 2.61. The number of rotatable bonds is 3. The molecule has 18 heavy (non-hydrogen) atoms. The maximum absolute atomic E-state index is 11.4. The van der Waals surface area contributed by atoms with Gasteiger partial charge in [-0.15, -0.1) is 0 Å². The van der Waals surface area contributed by atoms with Gasteiger partial charge in [0.25, 0.3) is 0 Å². The SMILES string of the molecule is CC(C)(C(=O)[O-])C(=O)OC(=O)Nc1ccccc1. The summed E-state index contributed by atoms with van der Waals surface area (Å²) in [7, 11) is 0. The van der Waals surface area contributed by atoms with E-state index in [2.05, 4.69) is 10.1 Å². The molecule has 1 amide bonds. The molecule has 1 aromatic rings. The number of hydrogen-bond donors (Lipinski definition) is 1. The summed E-state index contributed by atoms with van der Waals surface area (Å²) in [5.41, 5.74) is -1.45. The Morgan fingerprint density at radius 1 is 1.17 bits per heavy atom. The first-order valence-corrected chi connectivity index (χ1v) is 5.14. The van der Waals surface area contributed by atoms with Crippen molar-refractivity contribution in [2.45, 2.75) is 13.8 Å². The van der Waals surface area contributed by atoms with Gasteiger partial charge in [0, 0.05) is 5.69 Å². The van der Waals surface area contributed by atoms with Crippen LogP contribution in [0.25, 0.3) is 0 Å². The fourth-order valence-corrected chi connectivity index (χ4v) is 0.960. The van der Waals surface area contributed by atoms with Gasteiger partial charge in [-0.2, -0.15) is 0 Å². The summed E-state index contributed by atoms with van der Waals surface area (Å²) in [6.07, 6.45) is -1.04. The van der Waals surface area contributed by atoms with E-state index in [0.29, 0.717) is 5.69 Å². The lowest BCUT2D eigenvalue weighted by Gasteiger charge is -2.22. The van der Waals surface area contributed by atoms with Crippen molar-refractivity contribution in [3.63, 3.8) is 0 Å². The number of carbonyl (C=O) groups excluding carboxylic acids is 3. The summed E-state index contributed by atoms with van der Waals surface area (Å²) in [4.78, 5) is 33.4. The van der Waals surface area contributed by atoms with Crippen LogP contribution in [0.3, 0.4) is 0 Å². The lowest BCUT2D eigenvalue weighted by Crippen LogP contribution is -2.45. The number of aliphatic carboxylic acids is 1. The molecule has 0 unspecified atom stereocenters. The maximum Gasteiger partial charge on any atom is 0.419 e. The van der Waals surface area contributed by atoms with Gasteiger partial charge in [-0.05, 0) is 26.0 Å². The molecule has 0 bridgehead atoms. The number of carbonyl (C=O) groups is 3. The second-order valence-electron chi connectivity index (χ2n) is 4.08. The predicted molar refractivity (Wildman–Crippen MR) is 60.3 cm³/mol. The Hall–Kier alpha value is -2.37. The van der Waals surface area contributed by atoms with Crippen LogP contribution in [-0.4, -0.2) is 18.0 Å². The highest BCUT2D eigenvalue weighted by atomic mass is 16.6. The molecule has 0 saturated carbocycles. The van der Waals surface area contributed by atoms with Gasteiger partial charge in [-0.25, -0.2) is 4.79 Å². The summed E-state index contributed by atoms with van der Waals surface area (Å²) in [6.45, 7) is 2.20. The average molecular weight is 250 g/mol. The first-order valence-electron chi connectivity index (χ1n) is 5.14. The van der Waals surface area contributed by atoms with E-state index in [9.17, 15) is 19.5 Å². The van der Waals surface area contributed by atoms with Crippen molar-refractivity contribution >= 4 is 23.7 Å². The van der Waals surface area contributed by atoms with Crippen molar-refractivity contribution in [3.05, 3.63) is 30.3 Å². The molecular weight excluding hydrogens is 238 g/mol. The average Bonchev–Trinajstić information content (AvgIpc) is 2.29. The van der Waals surface area contributed by atoms with Crippen molar-refractivity contribution in [1.82, 2.24) is 0 Å². The van der Waals surface area contributed by atoms with Crippen LogP contribution in [0.5, 0.6) is 0 Å². The molecule has 0 spiro atoms. The van der Waals surface area contributed by atoms with E-state index in [-0.39, 0.29) is 0 Å². The van der Waals surface area contributed by atoms with Crippen LogP contribution in [0.1, 0.15) is 13.8 Å². The van der Waals surface area contributed by atoms with Gasteiger partial charge >= 0.3 is 12.1 Å². The number of ether oxygens (including phenoxy) is 1. The summed E-state index contributed by atoms with van der Waals surface area (Å²) in [5, 5.41) is 12.9. The number of nitrogens with one attached hydrogen (secondary N) is 1. The van der Waals surface area contributed by atoms with Crippen LogP contribution in [-0.2, 0) is 14.3 Å². The minimum absolute atomic E-state index is 0.432.